The molecular formula is C15H26N2O4. The van der Waals surface area contributed by atoms with Gasteiger partial charge in [0, 0.05) is 6.92 Å². The minimum absolute atomic E-state index is 0.234. The lowest BCUT2D eigenvalue weighted by Crippen LogP contribution is -2.51. The number of carbonyl (C=O) groups is 3. The highest BCUT2D eigenvalue weighted by Crippen LogP contribution is 2.07. The van der Waals surface area contributed by atoms with Gasteiger partial charge in [0.05, 0.1) is 7.11 Å². The standard InChI is InChI=1S/C15H26N2O4/c1-6-7-8-12(15(20)21-5)17-14(19)13(9-10(2)3)16-11(4)18/h6,10,12-13H,1,7-9H2,2-5H3,(H,16,18)(H,17,19)/t12-,13+/m1/s1. The molecule has 0 saturated carbocycles. The van der Waals surface area contributed by atoms with Gasteiger partial charge in [-0.05, 0) is 25.2 Å². The van der Waals surface area contributed by atoms with E-state index in [0.717, 1.165) is 0 Å². The number of rotatable bonds is 9. The zero-order valence-electron chi connectivity index (χ0n) is 13.3. The summed E-state index contributed by atoms with van der Waals surface area (Å²) in [5.74, 6) is -0.927. The maximum Gasteiger partial charge on any atom is 0.328 e. The van der Waals surface area contributed by atoms with E-state index in [0.29, 0.717) is 19.3 Å². The SMILES string of the molecule is C=CCC[C@@H](NC(=O)[C@H](CC(C)C)NC(C)=O)C(=O)OC. The molecule has 0 rings (SSSR count). The molecule has 21 heavy (non-hydrogen) atoms. The molecule has 6 nitrogen and oxygen atoms in total. The average Bonchev–Trinajstić information content (AvgIpc) is 2.40. The number of carbonyl (C=O) groups excluding carboxylic acids is 3. The van der Waals surface area contributed by atoms with E-state index < -0.39 is 18.1 Å². The predicted molar refractivity (Wildman–Crippen MR) is 80.4 cm³/mol. The Bertz CT molecular complexity index is 380. The Morgan fingerprint density at radius 1 is 1.19 bits per heavy atom. The lowest BCUT2D eigenvalue weighted by Gasteiger charge is -2.22. The number of nitrogens with one attached hydrogen (secondary N) is 2. The second-order valence-electron chi connectivity index (χ2n) is 5.33. The largest absolute Gasteiger partial charge is 0.467 e. The molecule has 0 aromatic rings. The molecule has 2 N–H and O–H groups in total. The molecule has 0 fully saturated rings. The van der Waals surface area contributed by atoms with Crippen molar-refractivity contribution in [3.63, 3.8) is 0 Å². The molecule has 0 bridgehead atoms. The van der Waals surface area contributed by atoms with E-state index in [1.54, 1.807) is 6.08 Å². The first-order chi connectivity index (χ1) is 9.81. The molecule has 2 atom stereocenters. The van der Waals surface area contributed by atoms with Crippen LogP contribution in [-0.4, -0.2) is 37.0 Å². The monoisotopic (exact) mass is 298 g/mol. The third kappa shape index (κ3) is 8.12. The Balaban J connectivity index is 4.82. The Labute approximate surface area is 126 Å². The average molecular weight is 298 g/mol. The summed E-state index contributed by atoms with van der Waals surface area (Å²) in [6.07, 6.45) is 3.16. The van der Waals surface area contributed by atoms with Crippen molar-refractivity contribution in [2.75, 3.05) is 7.11 Å². The van der Waals surface area contributed by atoms with Gasteiger partial charge in [-0.2, -0.15) is 0 Å². The molecule has 0 aliphatic rings. The molecule has 0 heterocycles. The topological polar surface area (TPSA) is 84.5 Å². The van der Waals surface area contributed by atoms with E-state index in [-0.39, 0.29) is 17.7 Å². The van der Waals surface area contributed by atoms with Gasteiger partial charge in [-0.3, -0.25) is 9.59 Å². The second-order valence-corrected chi connectivity index (χ2v) is 5.33. The Morgan fingerprint density at radius 3 is 2.24 bits per heavy atom. The molecule has 2 amide bonds. The molecular weight excluding hydrogens is 272 g/mol. The van der Waals surface area contributed by atoms with Crippen molar-refractivity contribution in [1.82, 2.24) is 10.6 Å². The molecule has 0 radical (unpaired) electrons. The molecule has 0 aromatic carbocycles. The first-order valence-electron chi connectivity index (χ1n) is 7.08. The summed E-state index contributed by atoms with van der Waals surface area (Å²) in [4.78, 5) is 35.1. The van der Waals surface area contributed by atoms with Gasteiger partial charge in [0.1, 0.15) is 12.1 Å². The Hall–Kier alpha value is -1.85. The normalized spacial score (nSPS) is 13.2. The number of hydrogen-bond acceptors (Lipinski definition) is 4. The quantitative estimate of drug-likeness (QED) is 0.494. The zero-order valence-corrected chi connectivity index (χ0v) is 13.3. The molecule has 6 heteroatoms. The zero-order chi connectivity index (χ0) is 16.4. The van der Waals surface area contributed by atoms with Crippen LogP contribution in [0.1, 0.15) is 40.0 Å². The van der Waals surface area contributed by atoms with Gasteiger partial charge in [0.2, 0.25) is 11.8 Å². The van der Waals surface area contributed by atoms with E-state index in [9.17, 15) is 14.4 Å². The van der Waals surface area contributed by atoms with Crippen LogP contribution >= 0.6 is 0 Å². The van der Waals surface area contributed by atoms with Crippen molar-refractivity contribution in [1.29, 1.82) is 0 Å². The van der Waals surface area contributed by atoms with Crippen LogP contribution < -0.4 is 10.6 Å². The lowest BCUT2D eigenvalue weighted by molar-refractivity contribution is -0.145. The summed E-state index contributed by atoms with van der Waals surface area (Å²) in [6.45, 7) is 8.86. The van der Waals surface area contributed by atoms with Crippen LogP contribution in [0, 0.1) is 5.92 Å². The maximum atomic E-state index is 12.2. The third-order valence-electron chi connectivity index (χ3n) is 2.86. The highest BCUT2D eigenvalue weighted by molar-refractivity contribution is 5.90. The van der Waals surface area contributed by atoms with Crippen molar-refractivity contribution in [2.24, 2.45) is 5.92 Å². The number of hydrogen-bond donors (Lipinski definition) is 2. The first-order valence-corrected chi connectivity index (χ1v) is 7.08. The van der Waals surface area contributed by atoms with Gasteiger partial charge in [-0.25, -0.2) is 4.79 Å². The lowest BCUT2D eigenvalue weighted by atomic mass is 10.0. The fraction of sp³-hybridized carbons (Fsp3) is 0.667. The first kappa shape index (κ1) is 19.1. The van der Waals surface area contributed by atoms with Crippen LogP contribution in [0.3, 0.4) is 0 Å². The van der Waals surface area contributed by atoms with Gasteiger partial charge in [0.25, 0.3) is 0 Å². The molecule has 0 spiro atoms. The van der Waals surface area contributed by atoms with Crippen LogP contribution in [0.4, 0.5) is 0 Å². The molecule has 0 unspecified atom stereocenters. The number of allylic oxidation sites excluding steroid dienone is 1. The predicted octanol–water partition coefficient (Wildman–Crippen LogP) is 1.16. The second kappa shape index (κ2) is 9.96. The molecule has 120 valence electrons. The third-order valence-corrected chi connectivity index (χ3v) is 2.86. The minimum Gasteiger partial charge on any atom is -0.467 e. The van der Waals surface area contributed by atoms with Crippen molar-refractivity contribution < 1.29 is 19.1 Å². The summed E-state index contributed by atoms with van der Waals surface area (Å²) in [7, 11) is 1.27. The Morgan fingerprint density at radius 2 is 1.81 bits per heavy atom. The van der Waals surface area contributed by atoms with Gasteiger partial charge in [0.15, 0.2) is 0 Å². The maximum absolute atomic E-state index is 12.2. The Kier molecular flexibility index (Phi) is 9.08. The van der Waals surface area contributed by atoms with E-state index in [1.165, 1.54) is 14.0 Å². The molecule has 0 aromatic heterocycles. The van der Waals surface area contributed by atoms with Crippen molar-refractivity contribution in [3.05, 3.63) is 12.7 Å². The van der Waals surface area contributed by atoms with Crippen LogP contribution in [0.5, 0.6) is 0 Å². The van der Waals surface area contributed by atoms with Crippen molar-refractivity contribution in [2.45, 2.75) is 52.1 Å². The number of methoxy groups -OCH3 is 1. The highest BCUT2D eigenvalue weighted by Gasteiger charge is 2.26. The summed E-state index contributed by atoms with van der Waals surface area (Å²) >= 11 is 0. The van der Waals surface area contributed by atoms with Crippen LogP contribution in [0.2, 0.25) is 0 Å². The van der Waals surface area contributed by atoms with Gasteiger partial charge < -0.3 is 15.4 Å². The van der Waals surface area contributed by atoms with Crippen molar-refractivity contribution >= 4 is 17.8 Å². The van der Waals surface area contributed by atoms with Crippen LogP contribution in [0.25, 0.3) is 0 Å². The van der Waals surface area contributed by atoms with E-state index in [4.69, 9.17) is 0 Å². The summed E-state index contributed by atoms with van der Waals surface area (Å²) < 4.78 is 4.68. The number of ether oxygens (including phenoxy) is 1. The van der Waals surface area contributed by atoms with Crippen LogP contribution in [-0.2, 0) is 19.1 Å². The van der Waals surface area contributed by atoms with E-state index >= 15 is 0 Å². The summed E-state index contributed by atoms with van der Waals surface area (Å²) in [5.41, 5.74) is 0. The van der Waals surface area contributed by atoms with Gasteiger partial charge in [-0.1, -0.05) is 19.9 Å². The molecule has 0 saturated heterocycles. The van der Waals surface area contributed by atoms with E-state index in [2.05, 4.69) is 21.9 Å². The summed E-state index contributed by atoms with van der Waals surface area (Å²) in [6, 6.07) is -1.39. The summed E-state index contributed by atoms with van der Waals surface area (Å²) in [5, 5.41) is 5.24. The van der Waals surface area contributed by atoms with E-state index in [1.807, 2.05) is 13.8 Å². The number of esters is 1. The molecule has 0 aliphatic carbocycles. The van der Waals surface area contributed by atoms with Crippen molar-refractivity contribution in [3.8, 4) is 0 Å². The fourth-order valence-corrected chi connectivity index (χ4v) is 1.90. The smallest absolute Gasteiger partial charge is 0.328 e. The van der Waals surface area contributed by atoms with Gasteiger partial charge >= 0.3 is 5.97 Å². The fourth-order valence-electron chi connectivity index (χ4n) is 1.90. The highest BCUT2D eigenvalue weighted by atomic mass is 16.5. The minimum atomic E-state index is -0.732. The molecule has 0 aliphatic heterocycles. The van der Waals surface area contributed by atoms with Crippen LogP contribution in [0.15, 0.2) is 12.7 Å². The number of amides is 2. The van der Waals surface area contributed by atoms with Gasteiger partial charge in [-0.15, -0.1) is 6.58 Å².